The van der Waals surface area contributed by atoms with Gasteiger partial charge in [-0.3, -0.25) is 14.4 Å². The second-order valence-electron chi connectivity index (χ2n) is 9.14. The number of benzene rings is 3. The van der Waals surface area contributed by atoms with Gasteiger partial charge in [-0.05, 0) is 54.7 Å². The largest absolute Gasteiger partial charge is 0.340 e. The Balaban J connectivity index is 1.55. The van der Waals surface area contributed by atoms with Crippen molar-refractivity contribution in [2.75, 3.05) is 6.54 Å². The van der Waals surface area contributed by atoms with E-state index >= 15 is 0 Å². The number of rotatable bonds is 8. The molecule has 186 valence electrons. The Morgan fingerprint density at radius 1 is 1.00 bits per heavy atom. The molecule has 3 amide bonds. The van der Waals surface area contributed by atoms with Crippen LogP contribution < -0.4 is 10.7 Å². The van der Waals surface area contributed by atoms with Gasteiger partial charge in [0.2, 0.25) is 5.91 Å². The Bertz CT molecular complexity index is 1270. The Kier molecular flexibility index (Phi) is 8.10. The average Bonchev–Trinajstić information content (AvgIpc) is 3.41. The zero-order chi connectivity index (χ0) is 25.5. The minimum atomic E-state index is -0.805. The Morgan fingerprint density at radius 2 is 1.72 bits per heavy atom. The van der Waals surface area contributed by atoms with Crippen molar-refractivity contribution < 1.29 is 14.4 Å². The summed E-state index contributed by atoms with van der Waals surface area (Å²) >= 11 is 0. The average molecular weight is 485 g/mol. The first kappa shape index (κ1) is 25.1. The molecule has 0 bridgehead atoms. The molecule has 1 heterocycles. The van der Waals surface area contributed by atoms with Gasteiger partial charge in [0.25, 0.3) is 11.8 Å². The number of likely N-dealkylation sites (tertiary alicyclic amines) is 1. The van der Waals surface area contributed by atoms with Crippen LogP contribution in [-0.4, -0.2) is 47.0 Å². The SMILES string of the molecule is CC/C(C)=N/NC(=O)[C@@H]1CCCN1C(=O)[C@H](Cc1ccccc1)NC(=O)c1ccc2ccccc2c1. The van der Waals surface area contributed by atoms with Gasteiger partial charge in [-0.1, -0.05) is 67.6 Å². The zero-order valence-electron chi connectivity index (χ0n) is 20.7. The van der Waals surface area contributed by atoms with E-state index < -0.39 is 12.1 Å². The maximum atomic E-state index is 13.7. The summed E-state index contributed by atoms with van der Waals surface area (Å²) in [6.45, 7) is 4.27. The van der Waals surface area contributed by atoms with Crippen LogP contribution in [0.5, 0.6) is 0 Å². The Morgan fingerprint density at radius 3 is 2.47 bits per heavy atom. The van der Waals surface area contributed by atoms with Crippen molar-refractivity contribution in [1.82, 2.24) is 15.6 Å². The number of nitrogens with one attached hydrogen (secondary N) is 2. The van der Waals surface area contributed by atoms with E-state index in [9.17, 15) is 14.4 Å². The third-order valence-electron chi connectivity index (χ3n) is 6.60. The standard InChI is InChI=1S/C29H32N4O3/c1-3-20(2)31-32-28(35)26-14-9-17-33(26)29(36)25(18-21-10-5-4-6-11-21)30-27(34)24-16-15-22-12-7-8-13-23(22)19-24/h4-8,10-13,15-16,19,25-26H,3,9,14,17-18H2,1-2H3,(H,30,34)(H,32,35)/b31-20+/t25-,26-/m0/s1. The van der Waals surface area contributed by atoms with Crippen LogP contribution in [0.2, 0.25) is 0 Å². The fraction of sp³-hybridized carbons (Fsp3) is 0.310. The quantitative estimate of drug-likeness (QED) is 0.373. The molecular weight excluding hydrogens is 452 g/mol. The van der Waals surface area contributed by atoms with Crippen molar-refractivity contribution in [1.29, 1.82) is 0 Å². The maximum absolute atomic E-state index is 13.7. The van der Waals surface area contributed by atoms with Crippen molar-refractivity contribution >= 4 is 34.2 Å². The van der Waals surface area contributed by atoms with E-state index in [4.69, 9.17) is 0 Å². The van der Waals surface area contributed by atoms with E-state index in [1.165, 1.54) is 0 Å². The molecule has 3 aromatic rings. The number of hydrogen-bond donors (Lipinski definition) is 2. The molecule has 0 spiro atoms. The van der Waals surface area contributed by atoms with Crippen molar-refractivity contribution in [3.05, 3.63) is 83.9 Å². The van der Waals surface area contributed by atoms with E-state index in [1.807, 2.05) is 80.6 Å². The van der Waals surface area contributed by atoms with Gasteiger partial charge in [0.05, 0.1) is 0 Å². The molecule has 0 radical (unpaired) electrons. The smallest absolute Gasteiger partial charge is 0.262 e. The molecule has 36 heavy (non-hydrogen) atoms. The van der Waals surface area contributed by atoms with Gasteiger partial charge < -0.3 is 10.2 Å². The van der Waals surface area contributed by atoms with E-state index in [2.05, 4.69) is 15.8 Å². The molecule has 2 atom stereocenters. The lowest BCUT2D eigenvalue weighted by atomic mass is 10.0. The van der Waals surface area contributed by atoms with Crippen LogP contribution in [-0.2, 0) is 16.0 Å². The van der Waals surface area contributed by atoms with Crippen LogP contribution in [0, 0.1) is 0 Å². The molecule has 4 rings (SSSR count). The van der Waals surface area contributed by atoms with Crippen LogP contribution in [0.25, 0.3) is 10.8 Å². The maximum Gasteiger partial charge on any atom is 0.262 e. The predicted octanol–water partition coefficient (Wildman–Crippen LogP) is 4.07. The summed E-state index contributed by atoms with van der Waals surface area (Å²) in [6.07, 6.45) is 2.34. The van der Waals surface area contributed by atoms with E-state index in [0.717, 1.165) is 34.9 Å². The third-order valence-corrected chi connectivity index (χ3v) is 6.60. The number of fused-ring (bicyclic) bond motifs is 1. The van der Waals surface area contributed by atoms with Gasteiger partial charge in [-0.25, -0.2) is 5.43 Å². The lowest BCUT2D eigenvalue weighted by Crippen LogP contribution is -2.53. The second-order valence-corrected chi connectivity index (χ2v) is 9.14. The molecule has 0 aromatic heterocycles. The number of nitrogens with zero attached hydrogens (tertiary/aromatic N) is 2. The molecule has 0 unspecified atom stereocenters. The monoisotopic (exact) mass is 484 g/mol. The summed E-state index contributed by atoms with van der Waals surface area (Å²) in [4.78, 5) is 41.4. The molecule has 0 aliphatic carbocycles. The molecule has 7 nitrogen and oxygen atoms in total. The molecule has 1 aliphatic heterocycles. The minimum absolute atomic E-state index is 0.262. The van der Waals surface area contributed by atoms with Gasteiger partial charge in [0, 0.05) is 24.2 Å². The van der Waals surface area contributed by atoms with Crippen LogP contribution in [0.15, 0.2) is 77.9 Å². The molecule has 7 heteroatoms. The van der Waals surface area contributed by atoms with Crippen LogP contribution in [0.1, 0.15) is 49.0 Å². The molecule has 1 fully saturated rings. The summed E-state index contributed by atoms with van der Waals surface area (Å²) < 4.78 is 0. The Hall–Kier alpha value is -4.00. The summed E-state index contributed by atoms with van der Waals surface area (Å²) in [6, 6.07) is 21.5. The van der Waals surface area contributed by atoms with Crippen molar-refractivity contribution in [3.8, 4) is 0 Å². The summed E-state index contributed by atoms with van der Waals surface area (Å²) in [5.41, 5.74) is 4.82. The topological polar surface area (TPSA) is 90.9 Å². The molecule has 0 saturated carbocycles. The molecule has 1 aliphatic rings. The first-order valence-electron chi connectivity index (χ1n) is 12.4. The van der Waals surface area contributed by atoms with Gasteiger partial charge in [0.15, 0.2) is 0 Å². The van der Waals surface area contributed by atoms with Crippen molar-refractivity contribution in [2.24, 2.45) is 5.10 Å². The van der Waals surface area contributed by atoms with Gasteiger partial charge >= 0.3 is 0 Å². The Labute approximate surface area is 211 Å². The highest BCUT2D eigenvalue weighted by atomic mass is 16.2. The lowest BCUT2D eigenvalue weighted by molar-refractivity contribution is -0.139. The van der Waals surface area contributed by atoms with Crippen molar-refractivity contribution in [2.45, 2.75) is 51.6 Å². The van der Waals surface area contributed by atoms with Crippen molar-refractivity contribution in [3.63, 3.8) is 0 Å². The summed E-state index contributed by atoms with van der Waals surface area (Å²) in [7, 11) is 0. The van der Waals surface area contributed by atoms with E-state index in [0.29, 0.717) is 24.9 Å². The number of hydrazone groups is 1. The predicted molar refractivity (Wildman–Crippen MR) is 142 cm³/mol. The third kappa shape index (κ3) is 5.97. The molecular formula is C29H32N4O3. The van der Waals surface area contributed by atoms with E-state index in [1.54, 1.807) is 11.0 Å². The van der Waals surface area contributed by atoms with Crippen LogP contribution in [0.3, 0.4) is 0 Å². The fourth-order valence-electron chi connectivity index (χ4n) is 4.43. The van der Waals surface area contributed by atoms with Gasteiger partial charge in [-0.15, -0.1) is 0 Å². The fourth-order valence-corrected chi connectivity index (χ4v) is 4.43. The number of amides is 3. The van der Waals surface area contributed by atoms with E-state index in [-0.39, 0.29) is 17.7 Å². The highest BCUT2D eigenvalue weighted by molar-refractivity contribution is 6.01. The molecule has 1 saturated heterocycles. The lowest BCUT2D eigenvalue weighted by Gasteiger charge is -2.28. The highest BCUT2D eigenvalue weighted by Crippen LogP contribution is 2.21. The first-order valence-corrected chi connectivity index (χ1v) is 12.4. The molecule has 3 aromatic carbocycles. The number of hydrogen-bond acceptors (Lipinski definition) is 4. The normalized spacial score (nSPS) is 16.6. The number of carbonyl (C=O) groups excluding carboxylic acids is 3. The molecule has 2 N–H and O–H groups in total. The highest BCUT2D eigenvalue weighted by Gasteiger charge is 2.37. The minimum Gasteiger partial charge on any atom is -0.340 e. The van der Waals surface area contributed by atoms with Gasteiger partial charge in [0.1, 0.15) is 12.1 Å². The summed E-state index contributed by atoms with van der Waals surface area (Å²) in [5.74, 6) is -0.881. The van der Waals surface area contributed by atoms with Crippen LogP contribution >= 0.6 is 0 Å². The zero-order valence-corrected chi connectivity index (χ0v) is 20.7. The summed E-state index contributed by atoms with van der Waals surface area (Å²) in [5, 5.41) is 9.06. The first-order chi connectivity index (χ1) is 17.5. The van der Waals surface area contributed by atoms with Crippen LogP contribution in [0.4, 0.5) is 0 Å². The second kappa shape index (κ2) is 11.6. The number of carbonyl (C=O) groups is 3. The van der Waals surface area contributed by atoms with Gasteiger partial charge in [-0.2, -0.15) is 5.10 Å².